The lowest BCUT2D eigenvalue weighted by Gasteiger charge is -2.27. The highest BCUT2D eigenvalue weighted by molar-refractivity contribution is 5.83. The van der Waals surface area contributed by atoms with Crippen molar-refractivity contribution in [1.82, 2.24) is 10.2 Å². The Bertz CT molecular complexity index is 281. The fourth-order valence-corrected chi connectivity index (χ4v) is 2.05. The number of aliphatic hydroxyl groups excluding tert-OH is 1. The molecule has 0 heterocycles. The fraction of sp³-hybridized carbons (Fsp3) is 0.833. The van der Waals surface area contributed by atoms with Crippen LogP contribution >= 0.6 is 0 Å². The predicted octanol–water partition coefficient (Wildman–Crippen LogP) is 0.132. The Morgan fingerprint density at radius 1 is 1.35 bits per heavy atom. The summed E-state index contributed by atoms with van der Waals surface area (Å²) >= 11 is 0. The van der Waals surface area contributed by atoms with Crippen LogP contribution in [0.4, 0.5) is 0 Å². The van der Waals surface area contributed by atoms with E-state index >= 15 is 0 Å². The molecule has 0 aromatic carbocycles. The summed E-state index contributed by atoms with van der Waals surface area (Å²) in [4.78, 5) is 23.8. The van der Waals surface area contributed by atoms with Crippen LogP contribution in [0.25, 0.3) is 0 Å². The van der Waals surface area contributed by atoms with Gasteiger partial charge in [-0.15, -0.1) is 0 Å². The number of carbonyl (C=O) groups is 2. The SMILES string of the molecule is CC(=O)N(C)CC(=O)NCC1CCCCC1O. The molecule has 0 aromatic rings. The molecular formula is C12H22N2O3. The largest absolute Gasteiger partial charge is 0.393 e. The first-order valence-electron chi connectivity index (χ1n) is 6.17. The van der Waals surface area contributed by atoms with Crippen LogP contribution in [-0.2, 0) is 9.59 Å². The number of hydrogen-bond acceptors (Lipinski definition) is 3. The van der Waals surface area contributed by atoms with Gasteiger partial charge < -0.3 is 15.3 Å². The summed E-state index contributed by atoms with van der Waals surface area (Å²) < 4.78 is 0. The van der Waals surface area contributed by atoms with E-state index in [4.69, 9.17) is 0 Å². The van der Waals surface area contributed by atoms with Crippen LogP contribution in [0.2, 0.25) is 0 Å². The molecule has 1 aliphatic carbocycles. The average Bonchev–Trinajstić information content (AvgIpc) is 2.27. The molecule has 0 saturated heterocycles. The summed E-state index contributed by atoms with van der Waals surface area (Å²) in [6.07, 6.45) is 3.68. The first kappa shape index (κ1) is 14.0. The van der Waals surface area contributed by atoms with Gasteiger partial charge in [0, 0.05) is 26.4 Å². The zero-order valence-corrected chi connectivity index (χ0v) is 10.6. The molecule has 0 radical (unpaired) electrons. The van der Waals surface area contributed by atoms with Gasteiger partial charge in [-0.25, -0.2) is 0 Å². The Morgan fingerprint density at radius 3 is 2.59 bits per heavy atom. The van der Waals surface area contributed by atoms with Gasteiger partial charge in [0.05, 0.1) is 12.6 Å². The molecule has 0 bridgehead atoms. The zero-order valence-electron chi connectivity index (χ0n) is 10.6. The van der Waals surface area contributed by atoms with E-state index in [1.165, 1.54) is 11.8 Å². The standard InChI is InChI=1S/C12H22N2O3/c1-9(15)14(2)8-12(17)13-7-10-5-3-4-6-11(10)16/h10-11,16H,3-8H2,1-2H3,(H,13,17). The fourth-order valence-electron chi connectivity index (χ4n) is 2.05. The van der Waals surface area contributed by atoms with E-state index in [0.29, 0.717) is 6.54 Å². The van der Waals surface area contributed by atoms with Crippen molar-refractivity contribution in [3.05, 3.63) is 0 Å². The van der Waals surface area contributed by atoms with Gasteiger partial charge in [0.2, 0.25) is 11.8 Å². The molecule has 1 saturated carbocycles. The third kappa shape index (κ3) is 4.73. The maximum absolute atomic E-state index is 11.5. The molecule has 1 fully saturated rings. The molecule has 2 N–H and O–H groups in total. The Hall–Kier alpha value is -1.10. The van der Waals surface area contributed by atoms with E-state index in [0.717, 1.165) is 25.7 Å². The summed E-state index contributed by atoms with van der Waals surface area (Å²) in [5, 5.41) is 12.5. The molecule has 5 nitrogen and oxygen atoms in total. The lowest BCUT2D eigenvalue weighted by molar-refractivity contribution is -0.133. The van der Waals surface area contributed by atoms with Crippen molar-refractivity contribution in [2.45, 2.75) is 38.7 Å². The maximum atomic E-state index is 11.5. The van der Waals surface area contributed by atoms with Crippen molar-refractivity contribution >= 4 is 11.8 Å². The van der Waals surface area contributed by atoms with Crippen LogP contribution in [-0.4, -0.2) is 48.1 Å². The highest BCUT2D eigenvalue weighted by Gasteiger charge is 2.23. The Morgan fingerprint density at radius 2 is 2.00 bits per heavy atom. The molecular weight excluding hydrogens is 220 g/mol. The molecule has 0 spiro atoms. The number of likely N-dealkylation sites (N-methyl/N-ethyl adjacent to an activating group) is 1. The van der Waals surface area contributed by atoms with Gasteiger partial charge in [-0.05, 0) is 12.8 Å². The Balaban J connectivity index is 2.25. The monoisotopic (exact) mass is 242 g/mol. The number of nitrogens with one attached hydrogen (secondary N) is 1. The summed E-state index contributed by atoms with van der Waals surface area (Å²) in [7, 11) is 1.59. The van der Waals surface area contributed by atoms with Crippen LogP contribution in [0, 0.1) is 5.92 Å². The minimum Gasteiger partial charge on any atom is -0.393 e. The van der Waals surface area contributed by atoms with Crippen LogP contribution < -0.4 is 5.32 Å². The second kappa shape index (κ2) is 6.59. The predicted molar refractivity (Wildman–Crippen MR) is 64.3 cm³/mol. The first-order chi connectivity index (χ1) is 8.00. The lowest BCUT2D eigenvalue weighted by Crippen LogP contribution is -2.41. The van der Waals surface area contributed by atoms with E-state index < -0.39 is 0 Å². The Kier molecular flexibility index (Phi) is 5.41. The third-order valence-corrected chi connectivity index (χ3v) is 3.35. The van der Waals surface area contributed by atoms with Crippen LogP contribution in [0.5, 0.6) is 0 Å². The van der Waals surface area contributed by atoms with E-state index in [-0.39, 0.29) is 30.4 Å². The molecule has 17 heavy (non-hydrogen) atoms. The quantitative estimate of drug-likeness (QED) is 0.736. The van der Waals surface area contributed by atoms with Crippen molar-refractivity contribution in [3.8, 4) is 0 Å². The van der Waals surface area contributed by atoms with E-state index in [1.807, 2.05) is 0 Å². The van der Waals surface area contributed by atoms with Gasteiger partial charge in [0.25, 0.3) is 0 Å². The number of nitrogens with zero attached hydrogens (tertiary/aromatic N) is 1. The average molecular weight is 242 g/mol. The number of carbonyl (C=O) groups excluding carboxylic acids is 2. The smallest absolute Gasteiger partial charge is 0.239 e. The van der Waals surface area contributed by atoms with E-state index in [2.05, 4.69) is 5.32 Å². The van der Waals surface area contributed by atoms with Crippen molar-refractivity contribution < 1.29 is 14.7 Å². The molecule has 98 valence electrons. The topological polar surface area (TPSA) is 69.6 Å². The number of rotatable bonds is 4. The number of amides is 2. The highest BCUT2D eigenvalue weighted by atomic mass is 16.3. The Labute approximate surface area is 102 Å². The van der Waals surface area contributed by atoms with Crippen molar-refractivity contribution in [3.63, 3.8) is 0 Å². The van der Waals surface area contributed by atoms with Crippen molar-refractivity contribution in [1.29, 1.82) is 0 Å². The number of aliphatic hydroxyl groups is 1. The van der Waals surface area contributed by atoms with Gasteiger partial charge in [-0.3, -0.25) is 9.59 Å². The normalized spacial score (nSPS) is 24.2. The molecule has 0 aliphatic heterocycles. The maximum Gasteiger partial charge on any atom is 0.239 e. The van der Waals surface area contributed by atoms with E-state index in [1.54, 1.807) is 7.05 Å². The van der Waals surface area contributed by atoms with E-state index in [9.17, 15) is 14.7 Å². The van der Waals surface area contributed by atoms with Gasteiger partial charge in [-0.1, -0.05) is 12.8 Å². The summed E-state index contributed by atoms with van der Waals surface area (Å²) in [6.45, 7) is 2.02. The summed E-state index contributed by atoms with van der Waals surface area (Å²) in [5.74, 6) is -0.131. The second-order valence-corrected chi connectivity index (χ2v) is 4.79. The van der Waals surface area contributed by atoms with Gasteiger partial charge >= 0.3 is 0 Å². The van der Waals surface area contributed by atoms with Crippen LogP contribution in [0.1, 0.15) is 32.6 Å². The van der Waals surface area contributed by atoms with Crippen LogP contribution in [0.15, 0.2) is 0 Å². The molecule has 1 aliphatic rings. The molecule has 2 unspecified atom stereocenters. The summed E-state index contributed by atoms with van der Waals surface area (Å²) in [6, 6.07) is 0. The van der Waals surface area contributed by atoms with Gasteiger partial charge in [0.15, 0.2) is 0 Å². The zero-order chi connectivity index (χ0) is 12.8. The highest BCUT2D eigenvalue weighted by Crippen LogP contribution is 2.23. The molecule has 5 heteroatoms. The first-order valence-corrected chi connectivity index (χ1v) is 6.17. The molecule has 2 amide bonds. The molecule has 0 aromatic heterocycles. The van der Waals surface area contributed by atoms with Crippen molar-refractivity contribution in [2.75, 3.05) is 20.1 Å². The lowest BCUT2D eigenvalue weighted by atomic mass is 9.86. The summed E-state index contributed by atoms with van der Waals surface area (Å²) in [5.41, 5.74) is 0. The molecule has 2 atom stereocenters. The minimum absolute atomic E-state index is 0.0815. The minimum atomic E-state index is -0.297. The van der Waals surface area contributed by atoms with Gasteiger partial charge in [-0.2, -0.15) is 0 Å². The van der Waals surface area contributed by atoms with Gasteiger partial charge in [0.1, 0.15) is 0 Å². The second-order valence-electron chi connectivity index (χ2n) is 4.79. The third-order valence-electron chi connectivity index (χ3n) is 3.35. The van der Waals surface area contributed by atoms with Crippen LogP contribution in [0.3, 0.4) is 0 Å². The number of hydrogen-bond donors (Lipinski definition) is 2. The molecule has 1 rings (SSSR count). The van der Waals surface area contributed by atoms with Crippen molar-refractivity contribution in [2.24, 2.45) is 5.92 Å².